The molecule has 7 heteroatoms. The summed E-state index contributed by atoms with van der Waals surface area (Å²) in [6.07, 6.45) is -0.548. The molecule has 3 aromatic rings. The van der Waals surface area contributed by atoms with E-state index in [1.807, 2.05) is 44.2 Å². The highest BCUT2D eigenvalue weighted by molar-refractivity contribution is 5.95. The summed E-state index contributed by atoms with van der Waals surface area (Å²) in [4.78, 5) is 1.76. The number of aromatic hydroxyl groups is 2. The lowest BCUT2D eigenvalue weighted by Crippen LogP contribution is -2.37. The van der Waals surface area contributed by atoms with Crippen LogP contribution >= 0.6 is 0 Å². The second-order valence-electron chi connectivity index (χ2n) is 9.57. The van der Waals surface area contributed by atoms with Crippen LogP contribution in [0.4, 0.5) is 8.78 Å². The Kier molecular flexibility index (Phi) is 6.35. The van der Waals surface area contributed by atoms with Crippen LogP contribution in [0.1, 0.15) is 43.1 Å². The summed E-state index contributed by atoms with van der Waals surface area (Å²) in [5.74, 6) is -1.000. The quantitative estimate of drug-likeness (QED) is 0.424. The number of allylic oxidation sites excluding steroid dienone is 1. The zero-order chi connectivity index (χ0) is 25.4. The number of hydrogen-bond acceptors (Lipinski definition) is 5. The molecule has 1 fully saturated rings. The van der Waals surface area contributed by atoms with Crippen LogP contribution in [0.15, 0.2) is 66.7 Å². The van der Waals surface area contributed by atoms with Gasteiger partial charge in [-0.2, -0.15) is 0 Å². The molecule has 0 amide bonds. The zero-order valence-electron chi connectivity index (χ0n) is 20.2. The molecule has 2 unspecified atom stereocenters. The van der Waals surface area contributed by atoms with Crippen molar-refractivity contribution in [3.63, 3.8) is 0 Å². The molecule has 2 atom stereocenters. The van der Waals surface area contributed by atoms with Gasteiger partial charge in [0.15, 0.2) is 0 Å². The van der Waals surface area contributed by atoms with Crippen molar-refractivity contribution in [2.45, 2.75) is 38.3 Å². The number of phenolic OH excluding ortho intramolecular Hbond substituents is 2. The van der Waals surface area contributed by atoms with Gasteiger partial charge in [0.05, 0.1) is 6.54 Å². The lowest BCUT2D eigenvalue weighted by molar-refractivity contribution is 0.00610. The average Bonchev–Trinajstić information content (AvgIpc) is 3.23. The van der Waals surface area contributed by atoms with Gasteiger partial charge in [0.2, 0.25) is 0 Å². The number of nitrogens with zero attached hydrogens (tertiary/aromatic N) is 1. The van der Waals surface area contributed by atoms with Crippen LogP contribution in [0.25, 0.3) is 11.1 Å². The zero-order valence-corrected chi connectivity index (χ0v) is 20.2. The Hall–Kier alpha value is -3.58. The summed E-state index contributed by atoms with van der Waals surface area (Å²) in [6.45, 7) is 4.35. The molecule has 5 rings (SSSR count). The summed E-state index contributed by atoms with van der Waals surface area (Å²) in [5, 5.41) is 20.1. The van der Waals surface area contributed by atoms with Crippen molar-refractivity contribution in [2.24, 2.45) is 0 Å². The molecule has 2 aliphatic rings. The Balaban J connectivity index is 1.39. The largest absolute Gasteiger partial charge is 0.508 e. The van der Waals surface area contributed by atoms with Crippen molar-refractivity contribution >= 4 is 11.1 Å². The highest BCUT2D eigenvalue weighted by Gasteiger charge is 2.40. The molecule has 0 aromatic heterocycles. The number of likely N-dealkylation sites (tertiary alicyclic amines) is 1. The normalized spacial score (nSPS) is 20.1. The summed E-state index contributed by atoms with van der Waals surface area (Å²) < 4.78 is 39.4. The molecule has 188 valence electrons. The predicted molar refractivity (Wildman–Crippen MR) is 135 cm³/mol. The van der Waals surface area contributed by atoms with E-state index < -0.39 is 12.0 Å². The van der Waals surface area contributed by atoms with E-state index in [4.69, 9.17) is 9.47 Å². The molecular weight excluding hydrogens is 464 g/mol. The predicted octanol–water partition coefficient (Wildman–Crippen LogP) is 6.27. The summed E-state index contributed by atoms with van der Waals surface area (Å²) in [7, 11) is 0. The number of fused-ring (bicyclic) bond motifs is 1. The highest BCUT2D eigenvalue weighted by Crippen LogP contribution is 2.47. The van der Waals surface area contributed by atoms with Gasteiger partial charge in [0, 0.05) is 30.1 Å². The Labute approximate surface area is 209 Å². The molecule has 36 heavy (non-hydrogen) atoms. The fourth-order valence-electron chi connectivity index (χ4n) is 4.92. The van der Waals surface area contributed by atoms with Gasteiger partial charge in [-0.15, -0.1) is 0 Å². The van der Waals surface area contributed by atoms with Gasteiger partial charge in [-0.1, -0.05) is 24.3 Å². The van der Waals surface area contributed by atoms with Crippen molar-refractivity contribution in [1.82, 2.24) is 4.90 Å². The first kappa shape index (κ1) is 24.1. The van der Waals surface area contributed by atoms with Crippen molar-refractivity contribution < 1.29 is 28.5 Å². The maximum Gasteiger partial charge on any atom is 0.261 e. The number of benzene rings is 3. The van der Waals surface area contributed by atoms with Crippen molar-refractivity contribution in [3.05, 3.63) is 83.4 Å². The minimum Gasteiger partial charge on any atom is -0.508 e. The van der Waals surface area contributed by atoms with E-state index in [2.05, 4.69) is 0 Å². The van der Waals surface area contributed by atoms with Gasteiger partial charge in [-0.25, -0.2) is 8.78 Å². The SMILES string of the molecule is CC1=C(c2cccc(O)c2)C(c2ccc(OCC(C)N3CCC(F)(F)C3)cc2)Oc2ccc(O)cc21. The maximum atomic E-state index is 13.5. The highest BCUT2D eigenvalue weighted by atomic mass is 19.3. The molecule has 0 bridgehead atoms. The Bertz CT molecular complexity index is 1290. The molecule has 1 saturated heterocycles. The standard InChI is InChI=1S/C29H29F2NO4/c1-18(32-13-12-29(30,31)17-32)16-35-24-9-6-20(7-10-24)28-27(21-4-3-5-22(33)14-21)19(2)25-15-23(34)8-11-26(25)36-28/h3-11,14-15,18,28,33-34H,12-13,16-17H2,1-2H3. The van der Waals surface area contributed by atoms with Crippen LogP contribution in [0, 0.1) is 0 Å². The van der Waals surface area contributed by atoms with Crippen LogP contribution in [0.3, 0.4) is 0 Å². The van der Waals surface area contributed by atoms with Gasteiger partial charge in [-0.3, -0.25) is 4.90 Å². The van der Waals surface area contributed by atoms with Crippen molar-refractivity contribution in [1.29, 1.82) is 0 Å². The fourth-order valence-corrected chi connectivity index (χ4v) is 4.92. The number of hydrogen-bond donors (Lipinski definition) is 2. The van der Waals surface area contributed by atoms with Crippen LogP contribution in [-0.2, 0) is 0 Å². The van der Waals surface area contributed by atoms with E-state index in [-0.39, 0.29) is 30.5 Å². The third-order valence-corrected chi connectivity index (χ3v) is 6.93. The lowest BCUT2D eigenvalue weighted by Gasteiger charge is -2.31. The van der Waals surface area contributed by atoms with E-state index in [0.717, 1.165) is 27.8 Å². The number of halogens is 2. The number of phenols is 2. The second kappa shape index (κ2) is 9.47. The monoisotopic (exact) mass is 493 g/mol. The van der Waals surface area contributed by atoms with Crippen LogP contribution in [-0.4, -0.2) is 46.8 Å². The van der Waals surface area contributed by atoms with Gasteiger partial charge >= 0.3 is 0 Å². The van der Waals surface area contributed by atoms with Crippen LogP contribution in [0.2, 0.25) is 0 Å². The molecule has 2 heterocycles. The fraction of sp³-hybridized carbons (Fsp3) is 0.310. The first-order valence-corrected chi connectivity index (χ1v) is 12.0. The smallest absolute Gasteiger partial charge is 0.261 e. The minimum atomic E-state index is -2.62. The molecule has 0 aliphatic carbocycles. The van der Waals surface area contributed by atoms with E-state index in [0.29, 0.717) is 24.7 Å². The third-order valence-electron chi connectivity index (χ3n) is 6.93. The first-order chi connectivity index (χ1) is 17.2. The van der Waals surface area contributed by atoms with Gasteiger partial charge in [0.25, 0.3) is 5.92 Å². The Morgan fingerprint density at radius 2 is 1.81 bits per heavy atom. The third kappa shape index (κ3) is 4.88. The van der Waals surface area contributed by atoms with Crippen LogP contribution in [0.5, 0.6) is 23.0 Å². The molecule has 2 N–H and O–H groups in total. The van der Waals surface area contributed by atoms with E-state index >= 15 is 0 Å². The number of ether oxygens (including phenoxy) is 2. The van der Waals surface area contributed by atoms with E-state index in [1.54, 1.807) is 41.3 Å². The van der Waals surface area contributed by atoms with E-state index in [9.17, 15) is 19.0 Å². The van der Waals surface area contributed by atoms with E-state index in [1.165, 1.54) is 0 Å². The number of rotatable bonds is 6. The second-order valence-corrected chi connectivity index (χ2v) is 9.57. The average molecular weight is 494 g/mol. The molecule has 5 nitrogen and oxygen atoms in total. The van der Waals surface area contributed by atoms with Crippen molar-refractivity contribution in [3.8, 4) is 23.0 Å². The summed E-state index contributed by atoms with van der Waals surface area (Å²) in [6, 6.07) is 19.5. The molecule has 3 aromatic carbocycles. The van der Waals surface area contributed by atoms with Crippen LogP contribution < -0.4 is 9.47 Å². The van der Waals surface area contributed by atoms with Gasteiger partial charge in [-0.05, 0) is 73.0 Å². The van der Waals surface area contributed by atoms with Gasteiger partial charge < -0.3 is 19.7 Å². The molecule has 2 aliphatic heterocycles. The lowest BCUT2D eigenvalue weighted by atomic mass is 9.86. The Morgan fingerprint density at radius 3 is 2.50 bits per heavy atom. The molecule has 0 saturated carbocycles. The maximum absolute atomic E-state index is 13.5. The van der Waals surface area contributed by atoms with Crippen molar-refractivity contribution in [2.75, 3.05) is 19.7 Å². The summed E-state index contributed by atoms with van der Waals surface area (Å²) >= 11 is 0. The summed E-state index contributed by atoms with van der Waals surface area (Å²) in [5.41, 5.74) is 4.35. The molecular formula is C29H29F2NO4. The van der Waals surface area contributed by atoms with Gasteiger partial charge in [0.1, 0.15) is 35.7 Å². The molecule has 0 spiro atoms. The topological polar surface area (TPSA) is 62.2 Å². The molecule has 0 radical (unpaired) electrons. The Morgan fingerprint density at radius 1 is 1.06 bits per heavy atom. The number of alkyl halides is 2. The minimum absolute atomic E-state index is 0.107. The first-order valence-electron chi connectivity index (χ1n) is 12.0.